The maximum atomic E-state index is 12.5. The zero-order valence-corrected chi connectivity index (χ0v) is 16.7. The van der Waals surface area contributed by atoms with Crippen LogP contribution < -0.4 is 5.32 Å². The van der Waals surface area contributed by atoms with Gasteiger partial charge in [0.2, 0.25) is 5.91 Å². The number of carbonyl (C=O) groups is 1. The molecule has 144 valence electrons. The summed E-state index contributed by atoms with van der Waals surface area (Å²) < 4.78 is 5.51. The van der Waals surface area contributed by atoms with Crippen LogP contribution in [0.15, 0.2) is 60.7 Å². The summed E-state index contributed by atoms with van der Waals surface area (Å²) in [5.41, 5.74) is 2.49. The van der Waals surface area contributed by atoms with Crippen molar-refractivity contribution in [3.63, 3.8) is 0 Å². The third-order valence-electron chi connectivity index (χ3n) is 4.79. The van der Waals surface area contributed by atoms with Crippen molar-refractivity contribution in [2.24, 2.45) is 0 Å². The first-order chi connectivity index (χ1) is 13.2. The summed E-state index contributed by atoms with van der Waals surface area (Å²) in [6.07, 6.45) is 0. The normalized spacial score (nSPS) is 17.2. The zero-order chi connectivity index (χ0) is 18.9. The van der Waals surface area contributed by atoms with Crippen LogP contribution in [0.3, 0.4) is 0 Å². The molecule has 4 nitrogen and oxygen atoms in total. The Labute approximate surface area is 166 Å². The Morgan fingerprint density at radius 3 is 2.37 bits per heavy atom. The van der Waals surface area contributed by atoms with Crippen LogP contribution in [-0.2, 0) is 15.3 Å². The Bertz CT molecular complexity index is 690. The number of hydrogen-bond donors (Lipinski definition) is 1. The molecular weight excluding hydrogens is 356 g/mol. The van der Waals surface area contributed by atoms with E-state index in [1.165, 1.54) is 11.1 Å². The smallest absolute Gasteiger partial charge is 0.230 e. The molecule has 27 heavy (non-hydrogen) atoms. The molecule has 0 radical (unpaired) electrons. The standard InChI is InChI=1S/C22H28N2O2S/c1-18(23-21(25)17-27-16-19-8-4-2-5-9-19)22(20-10-6-3-7-11-20)24-12-14-26-15-13-24/h2-11,18,22H,12-17H2,1H3,(H,23,25)/t18-,22-/m1/s1. The number of nitrogens with one attached hydrogen (secondary N) is 1. The molecular formula is C22H28N2O2S. The van der Waals surface area contributed by atoms with Crippen molar-refractivity contribution in [2.45, 2.75) is 24.8 Å². The molecule has 0 aliphatic carbocycles. The summed E-state index contributed by atoms with van der Waals surface area (Å²) in [5, 5.41) is 3.22. The zero-order valence-electron chi connectivity index (χ0n) is 15.8. The van der Waals surface area contributed by atoms with Crippen molar-refractivity contribution in [3.05, 3.63) is 71.8 Å². The predicted octanol–water partition coefficient (Wildman–Crippen LogP) is 3.50. The van der Waals surface area contributed by atoms with E-state index in [2.05, 4.69) is 53.5 Å². The maximum absolute atomic E-state index is 12.5. The fourth-order valence-corrected chi connectivity index (χ4v) is 4.33. The van der Waals surface area contributed by atoms with Gasteiger partial charge in [0.25, 0.3) is 0 Å². The largest absolute Gasteiger partial charge is 0.379 e. The quantitative estimate of drug-likeness (QED) is 0.756. The first-order valence-electron chi connectivity index (χ1n) is 9.52. The average Bonchev–Trinajstić information content (AvgIpc) is 2.70. The summed E-state index contributed by atoms with van der Waals surface area (Å²) in [6, 6.07) is 20.9. The number of carbonyl (C=O) groups excluding carboxylic acids is 1. The molecule has 1 fully saturated rings. The monoisotopic (exact) mass is 384 g/mol. The van der Waals surface area contributed by atoms with Crippen LogP contribution in [0.5, 0.6) is 0 Å². The third-order valence-corrected chi connectivity index (χ3v) is 5.79. The van der Waals surface area contributed by atoms with E-state index in [0.29, 0.717) is 5.75 Å². The molecule has 2 aromatic carbocycles. The fraction of sp³-hybridized carbons (Fsp3) is 0.409. The SMILES string of the molecule is C[C@@H](NC(=O)CSCc1ccccc1)[C@H](c1ccccc1)N1CCOCC1. The van der Waals surface area contributed by atoms with Gasteiger partial charge in [-0.2, -0.15) is 0 Å². The minimum atomic E-state index is 0.0373. The van der Waals surface area contributed by atoms with E-state index in [4.69, 9.17) is 4.74 Å². The molecule has 1 aliphatic rings. The van der Waals surface area contributed by atoms with Crippen molar-refractivity contribution >= 4 is 17.7 Å². The first kappa shape index (κ1) is 19.9. The second-order valence-electron chi connectivity index (χ2n) is 6.84. The lowest BCUT2D eigenvalue weighted by atomic mass is 9.98. The van der Waals surface area contributed by atoms with Crippen LogP contribution in [-0.4, -0.2) is 48.9 Å². The topological polar surface area (TPSA) is 41.6 Å². The lowest BCUT2D eigenvalue weighted by Crippen LogP contribution is -2.48. The number of morpholine rings is 1. The summed E-state index contributed by atoms with van der Waals surface area (Å²) in [6.45, 7) is 5.38. The van der Waals surface area contributed by atoms with E-state index in [-0.39, 0.29) is 18.0 Å². The molecule has 2 aromatic rings. The van der Waals surface area contributed by atoms with Crippen molar-refractivity contribution in [2.75, 3.05) is 32.1 Å². The molecule has 5 heteroatoms. The van der Waals surface area contributed by atoms with E-state index in [1.807, 2.05) is 24.3 Å². The van der Waals surface area contributed by atoms with E-state index in [0.717, 1.165) is 32.1 Å². The molecule has 2 atom stereocenters. The molecule has 0 saturated carbocycles. The molecule has 0 aromatic heterocycles. The van der Waals surface area contributed by atoms with Gasteiger partial charge >= 0.3 is 0 Å². The number of ether oxygens (including phenoxy) is 1. The van der Waals surface area contributed by atoms with E-state index in [1.54, 1.807) is 11.8 Å². The fourth-order valence-electron chi connectivity index (χ4n) is 3.53. The molecule has 0 bridgehead atoms. The van der Waals surface area contributed by atoms with Crippen molar-refractivity contribution in [3.8, 4) is 0 Å². The molecule has 1 N–H and O–H groups in total. The van der Waals surface area contributed by atoms with Crippen LogP contribution in [0.4, 0.5) is 0 Å². The molecule has 0 spiro atoms. The Hall–Kier alpha value is -1.82. The Kier molecular flexibility index (Phi) is 7.75. The highest BCUT2D eigenvalue weighted by Crippen LogP contribution is 2.25. The molecule has 3 rings (SSSR count). The van der Waals surface area contributed by atoms with Crippen LogP contribution in [0.25, 0.3) is 0 Å². The van der Waals surface area contributed by atoms with Gasteiger partial charge in [-0.05, 0) is 18.1 Å². The Balaban J connectivity index is 1.56. The number of amides is 1. The summed E-state index contributed by atoms with van der Waals surface area (Å²) >= 11 is 1.65. The molecule has 1 amide bonds. The molecule has 1 aliphatic heterocycles. The minimum absolute atomic E-state index is 0.0373. The molecule has 0 unspecified atom stereocenters. The van der Waals surface area contributed by atoms with Gasteiger partial charge in [-0.1, -0.05) is 60.7 Å². The average molecular weight is 385 g/mol. The second kappa shape index (κ2) is 10.5. The van der Waals surface area contributed by atoms with Gasteiger partial charge in [0, 0.05) is 24.9 Å². The summed E-state index contributed by atoms with van der Waals surface area (Å²) in [7, 11) is 0. The Morgan fingerprint density at radius 2 is 1.70 bits per heavy atom. The number of hydrogen-bond acceptors (Lipinski definition) is 4. The van der Waals surface area contributed by atoms with Crippen LogP contribution in [0.2, 0.25) is 0 Å². The number of nitrogens with zero attached hydrogens (tertiary/aromatic N) is 1. The van der Waals surface area contributed by atoms with Crippen LogP contribution >= 0.6 is 11.8 Å². The highest BCUT2D eigenvalue weighted by atomic mass is 32.2. The number of thioether (sulfide) groups is 1. The van der Waals surface area contributed by atoms with E-state index in [9.17, 15) is 4.79 Å². The van der Waals surface area contributed by atoms with Crippen LogP contribution in [0, 0.1) is 0 Å². The van der Waals surface area contributed by atoms with Crippen molar-refractivity contribution in [1.82, 2.24) is 10.2 Å². The summed E-state index contributed by atoms with van der Waals surface area (Å²) in [5.74, 6) is 1.43. The number of rotatable bonds is 8. The lowest BCUT2D eigenvalue weighted by molar-refractivity contribution is -0.119. The highest BCUT2D eigenvalue weighted by molar-refractivity contribution is 7.99. The third kappa shape index (κ3) is 6.09. The van der Waals surface area contributed by atoms with Gasteiger partial charge in [-0.15, -0.1) is 11.8 Å². The second-order valence-corrected chi connectivity index (χ2v) is 7.82. The van der Waals surface area contributed by atoms with Crippen molar-refractivity contribution in [1.29, 1.82) is 0 Å². The lowest BCUT2D eigenvalue weighted by Gasteiger charge is -2.38. The molecule has 1 saturated heterocycles. The van der Waals surface area contributed by atoms with Gasteiger partial charge in [0.1, 0.15) is 0 Å². The maximum Gasteiger partial charge on any atom is 0.230 e. The predicted molar refractivity (Wildman–Crippen MR) is 112 cm³/mol. The van der Waals surface area contributed by atoms with E-state index < -0.39 is 0 Å². The van der Waals surface area contributed by atoms with Gasteiger partial charge in [0.05, 0.1) is 25.0 Å². The van der Waals surface area contributed by atoms with Gasteiger partial charge in [-0.25, -0.2) is 0 Å². The molecule has 1 heterocycles. The Morgan fingerprint density at radius 1 is 1.07 bits per heavy atom. The number of benzene rings is 2. The first-order valence-corrected chi connectivity index (χ1v) is 10.7. The highest BCUT2D eigenvalue weighted by Gasteiger charge is 2.28. The minimum Gasteiger partial charge on any atom is -0.379 e. The van der Waals surface area contributed by atoms with Gasteiger partial charge in [-0.3, -0.25) is 9.69 Å². The van der Waals surface area contributed by atoms with Gasteiger partial charge in [0.15, 0.2) is 0 Å². The summed E-state index contributed by atoms with van der Waals surface area (Å²) in [4.78, 5) is 14.9. The van der Waals surface area contributed by atoms with E-state index >= 15 is 0 Å². The van der Waals surface area contributed by atoms with Gasteiger partial charge < -0.3 is 10.1 Å². The van der Waals surface area contributed by atoms with Crippen LogP contribution in [0.1, 0.15) is 24.1 Å². The van der Waals surface area contributed by atoms with Crippen molar-refractivity contribution < 1.29 is 9.53 Å².